The standard InChI is InChI=1S/C27H37N5O2S/c33-25(12-9-15-30-27(35)31-21-23-10-3-1-4-11-23)28-14-5-8-19-34-26-20-24(13-16-29-26)22-32-17-6-2-7-18-32/h1,3-5,8,10-11,13,16,20H,2,6-7,9,12,14-15,17-19,21-22H2,(H,28,33)(H2,30,31,35)/b8-5-. The van der Waals surface area contributed by atoms with Crippen LogP contribution in [0.15, 0.2) is 60.8 Å². The molecule has 1 aromatic heterocycles. The number of nitrogens with one attached hydrogen (secondary N) is 3. The van der Waals surface area contributed by atoms with Crippen LogP contribution in [0.5, 0.6) is 5.88 Å². The average Bonchev–Trinajstić information content (AvgIpc) is 2.89. The molecule has 2 heterocycles. The molecule has 3 N–H and O–H groups in total. The van der Waals surface area contributed by atoms with Crippen molar-refractivity contribution in [2.75, 3.05) is 32.8 Å². The minimum Gasteiger partial charge on any atom is -0.473 e. The Bertz CT molecular complexity index is 932. The maximum atomic E-state index is 12.0. The zero-order valence-electron chi connectivity index (χ0n) is 20.4. The van der Waals surface area contributed by atoms with Gasteiger partial charge in [0.05, 0.1) is 0 Å². The number of benzene rings is 1. The number of hydrogen-bond donors (Lipinski definition) is 3. The summed E-state index contributed by atoms with van der Waals surface area (Å²) in [5.41, 5.74) is 2.41. The number of piperidine rings is 1. The van der Waals surface area contributed by atoms with Crippen LogP contribution in [0.1, 0.15) is 43.2 Å². The fourth-order valence-corrected chi connectivity index (χ4v) is 4.02. The van der Waals surface area contributed by atoms with E-state index in [0.717, 1.165) is 6.54 Å². The lowest BCUT2D eigenvalue weighted by molar-refractivity contribution is -0.120. The molecular formula is C27H37N5O2S. The minimum absolute atomic E-state index is 0.0209. The minimum atomic E-state index is 0.0209. The Kier molecular flexibility index (Phi) is 12.1. The largest absolute Gasteiger partial charge is 0.473 e. The summed E-state index contributed by atoms with van der Waals surface area (Å²) in [6.07, 6.45) is 10.7. The topological polar surface area (TPSA) is 78.5 Å². The summed E-state index contributed by atoms with van der Waals surface area (Å²) in [6.45, 7) is 5.53. The van der Waals surface area contributed by atoms with Crippen LogP contribution in [0.2, 0.25) is 0 Å². The van der Waals surface area contributed by atoms with Gasteiger partial charge in [-0.25, -0.2) is 4.98 Å². The molecular weight excluding hydrogens is 458 g/mol. The Labute approximate surface area is 214 Å². The summed E-state index contributed by atoms with van der Waals surface area (Å²) >= 11 is 5.27. The second-order valence-electron chi connectivity index (χ2n) is 8.62. The third-order valence-corrected chi connectivity index (χ3v) is 6.02. The van der Waals surface area contributed by atoms with Gasteiger partial charge in [0, 0.05) is 44.9 Å². The second kappa shape index (κ2) is 15.8. The van der Waals surface area contributed by atoms with Gasteiger partial charge in [-0.3, -0.25) is 9.69 Å². The van der Waals surface area contributed by atoms with Gasteiger partial charge >= 0.3 is 0 Å². The predicted molar refractivity (Wildman–Crippen MR) is 144 cm³/mol. The molecule has 0 bridgehead atoms. The summed E-state index contributed by atoms with van der Waals surface area (Å²) in [5.74, 6) is 0.657. The smallest absolute Gasteiger partial charge is 0.220 e. The van der Waals surface area contributed by atoms with E-state index >= 15 is 0 Å². The Morgan fingerprint density at radius 3 is 2.69 bits per heavy atom. The van der Waals surface area contributed by atoms with E-state index in [-0.39, 0.29) is 5.91 Å². The zero-order valence-corrected chi connectivity index (χ0v) is 21.2. The van der Waals surface area contributed by atoms with Gasteiger partial charge < -0.3 is 20.7 Å². The molecule has 0 radical (unpaired) electrons. The lowest BCUT2D eigenvalue weighted by atomic mass is 10.1. The number of pyridine rings is 1. The van der Waals surface area contributed by atoms with Crippen molar-refractivity contribution >= 4 is 23.2 Å². The predicted octanol–water partition coefficient (Wildman–Crippen LogP) is 3.56. The lowest BCUT2D eigenvalue weighted by Gasteiger charge is -2.26. The molecule has 3 rings (SSSR count). The number of thiocarbonyl (C=S) groups is 1. The Balaban J connectivity index is 1.20. The lowest BCUT2D eigenvalue weighted by Crippen LogP contribution is -2.35. The van der Waals surface area contributed by atoms with Crippen molar-refractivity contribution in [3.05, 3.63) is 71.9 Å². The first-order chi connectivity index (χ1) is 17.2. The van der Waals surface area contributed by atoms with E-state index < -0.39 is 0 Å². The van der Waals surface area contributed by atoms with Crippen LogP contribution < -0.4 is 20.7 Å². The van der Waals surface area contributed by atoms with E-state index in [2.05, 4.69) is 31.9 Å². The summed E-state index contributed by atoms with van der Waals surface area (Å²) in [7, 11) is 0. The highest BCUT2D eigenvalue weighted by atomic mass is 32.1. The van der Waals surface area contributed by atoms with Crippen LogP contribution in [-0.2, 0) is 17.9 Å². The first kappa shape index (κ1) is 26.6. The molecule has 1 amide bonds. The van der Waals surface area contributed by atoms with Gasteiger partial charge in [-0.2, -0.15) is 0 Å². The van der Waals surface area contributed by atoms with Crippen LogP contribution in [0, 0.1) is 0 Å². The molecule has 0 unspecified atom stereocenters. The van der Waals surface area contributed by atoms with Gasteiger partial charge in [0.2, 0.25) is 11.8 Å². The number of nitrogens with zero attached hydrogens (tertiary/aromatic N) is 2. The van der Waals surface area contributed by atoms with Gasteiger partial charge in [0.1, 0.15) is 6.61 Å². The van der Waals surface area contributed by atoms with Crippen molar-refractivity contribution in [2.45, 2.75) is 45.2 Å². The van der Waals surface area contributed by atoms with Gasteiger partial charge in [-0.1, -0.05) is 42.8 Å². The van der Waals surface area contributed by atoms with E-state index in [4.69, 9.17) is 17.0 Å². The van der Waals surface area contributed by atoms with E-state index in [0.29, 0.717) is 50.1 Å². The monoisotopic (exact) mass is 495 g/mol. The molecule has 0 saturated carbocycles. The molecule has 1 saturated heterocycles. The summed E-state index contributed by atoms with van der Waals surface area (Å²) < 4.78 is 5.74. The van der Waals surface area contributed by atoms with Crippen molar-refractivity contribution in [1.29, 1.82) is 0 Å². The van der Waals surface area contributed by atoms with Crippen molar-refractivity contribution in [1.82, 2.24) is 25.8 Å². The quantitative estimate of drug-likeness (QED) is 0.223. The Morgan fingerprint density at radius 2 is 1.86 bits per heavy atom. The highest BCUT2D eigenvalue weighted by Crippen LogP contribution is 2.15. The van der Waals surface area contributed by atoms with Crippen molar-refractivity contribution in [3.8, 4) is 5.88 Å². The highest BCUT2D eigenvalue weighted by molar-refractivity contribution is 7.80. The molecule has 0 spiro atoms. The average molecular weight is 496 g/mol. The van der Waals surface area contributed by atoms with Crippen molar-refractivity contribution in [2.24, 2.45) is 0 Å². The third kappa shape index (κ3) is 11.3. The zero-order chi connectivity index (χ0) is 24.6. The second-order valence-corrected chi connectivity index (χ2v) is 9.03. The fourth-order valence-electron chi connectivity index (χ4n) is 3.84. The number of hydrogen-bond acceptors (Lipinski definition) is 5. The summed E-state index contributed by atoms with van der Waals surface area (Å²) in [5, 5.41) is 9.79. The maximum absolute atomic E-state index is 12.0. The molecule has 1 aromatic carbocycles. The molecule has 188 valence electrons. The maximum Gasteiger partial charge on any atom is 0.220 e. The van der Waals surface area contributed by atoms with Crippen LogP contribution >= 0.6 is 12.2 Å². The summed E-state index contributed by atoms with van der Waals surface area (Å²) in [6, 6.07) is 14.2. The highest BCUT2D eigenvalue weighted by Gasteiger charge is 2.10. The molecule has 1 aliphatic heterocycles. The van der Waals surface area contributed by atoms with E-state index in [1.54, 1.807) is 6.20 Å². The van der Waals surface area contributed by atoms with Crippen molar-refractivity contribution in [3.63, 3.8) is 0 Å². The van der Waals surface area contributed by atoms with Crippen LogP contribution in [-0.4, -0.2) is 53.7 Å². The van der Waals surface area contributed by atoms with Crippen molar-refractivity contribution < 1.29 is 9.53 Å². The molecule has 35 heavy (non-hydrogen) atoms. The molecule has 2 aromatic rings. The van der Waals surface area contributed by atoms with Crippen LogP contribution in [0.3, 0.4) is 0 Å². The number of aromatic nitrogens is 1. The fraction of sp³-hybridized carbons (Fsp3) is 0.444. The molecule has 7 nitrogen and oxygen atoms in total. The molecule has 1 aliphatic rings. The Hall–Kier alpha value is -2.97. The molecule has 8 heteroatoms. The van der Waals surface area contributed by atoms with E-state index in [9.17, 15) is 4.79 Å². The number of rotatable bonds is 13. The van der Waals surface area contributed by atoms with Gasteiger partial charge in [0.15, 0.2) is 5.11 Å². The molecule has 1 fully saturated rings. The first-order valence-corrected chi connectivity index (χ1v) is 12.9. The van der Waals surface area contributed by atoms with Crippen LogP contribution in [0.25, 0.3) is 0 Å². The number of carbonyl (C=O) groups excluding carboxylic acids is 1. The molecule has 0 atom stereocenters. The first-order valence-electron chi connectivity index (χ1n) is 12.5. The third-order valence-electron chi connectivity index (χ3n) is 5.73. The number of ether oxygens (including phenoxy) is 1. The van der Waals surface area contributed by atoms with Crippen LogP contribution in [0.4, 0.5) is 0 Å². The number of carbonyl (C=O) groups is 1. The van der Waals surface area contributed by atoms with E-state index in [1.807, 2.05) is 48.6 Å². The number of likely N-dealkylation sites (tertiary alicyclic amines) is 1. The Morgan fingerprint density at radius 1 is 1.03 bits per heavy atom. The molecule has 0 aliphatic carbocycles. The van der Waals surface area contributed by atoms with Gasteiger partial charge in [-0.05, 0) is 67.8 Å². The van der Waals surface area contributed by atoms with Gasteiger partial charge in [0.25, 0.3) is 0 Å². The van der Waals surface area contributed by atoms with Gasteiger partial charge in [-0.15, -0.1) is 0 Å². The SMILES string of the molecule is O=C(CCCNC(=S)NCc1ccccc1)NC/C=C\COc1cc(CN2CCCCC2)ccn1. The number of amides is 1. The van der Waals surface area contributed by atoms with E-state index in [1.165, 1.54) is 43.5 Å². The normalized spacial score (nSPS) is 13.9. The summed E-state index contributed by atoms with van der Waals surface area (Å²) in [4.78, 5) is 18.8.